The predicted molar refractivity (Wildman–Crippen MR) is 97.9 cm³/mol. The number of ether oxygens (including phenoxy) is 2. The van der Waals surface area contributed by atoms with Crippen LogP contribution in [0.25, 0.3) is 0 Å². The van der Waals surface area contributed by atoms with Crippen LogP contribution in [0.4, 0.5) is 0 Å². The number of hydrogen-bond donors (Lipinski definition) is 1. The lowest BCUT2D eigenvalue weighted by Crippen LogP contribution is -2.41. The van der Waals surface area contributed by atoms with Crippen molar-refractivity contribution in [2.75, 3.05) is 7.11 Å². The first-order valence-corrected chi connectivity index (χ1v) is 8.33. The van der Waals surface area contributed by atoms with Crippen LogP contribution < -0.4 is 14.8 Å². The predicted octanol–water partition coefficient (Wildman–Crippen LogP) is 3.83. The minimum Gasteiger partial charge on any atom is -0.496 e. The highest BCUT2D eigenvalue weighted by molar-refractivity contribution is 5.94. The molecule has 0 bridgehead atoms. The summed E-state index contributed by atoms with van der Waals surface area (Å²) < 4.78 is 11.0. The second kappa shape index (κ2) is 8.01. The molecule has 1 amide bonds. The van der Waals surface area contributed by atoms with E-state index < -0.39 is 0 Å². The first-order valence-electron chi connectivity index (χ1n) is 8.33. The number of methoxy groups -OCH3 is 1. The Morgan fingerprint density at radius 3 is 2.52 bits per heavy atom. The van der Waals surface area contributed by atoms with Gasteiger partial charge in [-0.2, -0.15) is 0 Å². The van der Waals surface area contributed by atoms with Crippen molar-refractivity contribution in [1.29, 1.82) is 0 Å². The molecule has 25 heavy (non-hydrogen) atoms. The van der Waals surface area contributed by atoms with Gasteiger partial charge in [0.1, 0.15) is 12.4 Å². The van der Waals surface area contributed by atoms with Crippen LogP contribution in [0.1, 0.15) is 43.6 Å². The summed E-state index contributed by atoms with van der Waals surface area (Å²) in [5, 5.41) is 2.99. The zero-order valence-electron chi connectivity index (χ0n) is 15.5. The zero-order chi connectivity index (χ0) is 18.4. The molecule has 1 aromatic carbocycles. The SMILES string of the molecule is COc1ccccc1COc1ccc(C(=O)NC(C)C(C)(C)C)cn1. The molecule has 0 aliphatic carbocycles. The van der Waals surface area contributed by atoms with Crippen molar-refractivity contribution < 1.29 is 14.3 Å². The van der Waals surface area contributed by atoms with Crippen LogP contribution in [0.3, 0.4) is 0 Å². The van der Waals surface area contributed by atoms with E-state index in [4.69, 9.17) is 9.47 Å². The van der Waals surface area contributed by atoms with Gasteiger partial charge in [-0.15, -0.1) is 0 Å². The van der Waals surface area contributed by atoms with Gasteiger partial charge in [0.05, 0.1) is 12.7 Å². The molecule has 0 fully saturated rings. The van der Waals surface area contributed by atoms with Crippen molar-refractivity contribution in [3.8, 4) is 11.6 Å². The van der Waals surface area contributed by atoms with Crippen LogP contribution in [-0.2, 0) is 6.61 Å². The van der Waals surface area contributed by atoms with Crippen LogP contribution in [-0.4, -0.2) is 24.0 Å². The van der Waals surface area contributed by atoms with Gasteiger partial charge in [-0.3, -0.25) is 4.79 Å². The average Bonchev–Trinajstić information content (AvgIpc) is 2.59. The number of para-hydroxylation sites is 1. The van der Waals surface area contributed by atoms with Crippen molar-refractivity contribution in [2.24, 2.45) is 5.41 Å². The van der Waals surface area contributed by atoms with Crippen LogP contribution in [0.2, 0.25) is 0 Å². The van der Waals surface area contributed by atoms with Gasteiger partial charge in [0.25, 0.3) is 5.91 Å². The van der Waals surface area contributed by atoms with E-state index in [0.717, 1.165) is 11.3 Å². The summed E-state index contributed by atoms with van der Waals surface area (Å²) in [6, 6.07) is 11.1. The highest BCUT2D eigenvalue weighted by Crippen LogP contribution is 2.20. The molecule has 1 aromatic heterocycles. The molecule has 5 nitrogen and oxygen atoms in total. The van der Waals surface area contributed by atoms with Gasteiger partial charge in [-0.1, -0.05) is 39.0 Å². The molecule has 2 aromatic rings. The second-order valence-corrected chi connectivity index (χ2v) is 7.05. The van der Waals surface area contributed by atoms with E-state index in [1.807, 2.05) is 31.2 Å². The van der Waals surface area contributed by atoms with Crippen molar-refractivity contribution in [2.45, 2.75) is 40.3 Å². The van der Waals surface area contributed by atoms with Crippen LogP contribution in [0, 0.1) is 5.41 Å². The summed E-state index contributed by atoms with van der Waals surface area (Å²) in [6.07, 6.45) is 1.53. The van der Waals surface area contributed by atoms with Crippen molar-refractivity contribution >= 4 is 5.91 Å². The van der Waals surface area contributed by atoms with Crippen LogP contribution in [0.5, 0.6) is 11.6 Å². The average molecular weight is 342 g/mol. The smallest absolute Gasteiger partial charge is 0.253 e. The van der Waals surface area contributed by atoms with Crippen molar-refractivity contribution in [1.82, 2.24) is 10.3 Å². The Balaban J connectivity index is 1.97. The molecule has 1 unspecified atom stereocenters. The maximum atomic E-state index is 12.3. The van der Waals surface area contributed by atoms with E-state index in [2.05, 4.69) is 31.1 Å². The lowest BCUT2D eigenvalue weighted by Gasteiger charge is -2.28. The number of nitrogens with one attached hydrogen (secondary N) is 1. The number of carbonyl (C=O) groups excluding carboxylic acids is 1. The van der Waals surface area contributed by atoms with Gasteiger partial charge in [-0.25, -0.2) is 4.98 Å². The summed E-state index contributed by atoms with van der Waals surface area (Å²) in [4.78, 5) is 16.5. The molecule has 2 rings (SSSR count). The number of rotatable bonds is 6. The molecule has 1 atom stereocenters. The number of nitrogens with zero attached hydrogens (tertiary/aromatic N) is 1. The number of hydrogen-bond acceptors (Lipinski definition) is 4. The maximum absolute atomic E-state index is 12.3. The zero-order valence-corrected chi connectivity index (χ0v) is 15.5. The first kappa shape index (κ1) is 18.8. The Kier molecular flexibility index (Phi) is 6.02. The van der Waals surface area contributed by atoms with Gasteiger partial charge < -0.3 is 14.8 Å². The quantitative estimate of drug-likeness (QED) is 0.866. The van der Waals surface area contributed by atoms with E-state index in [9.17, 15) is 4.79 Å². The summed E-state index contributed by atoms with van der Waals surface area (Å²) in [6.45, 7) is 8.61. The van der Waals surface area contributed by atoms with E-state index in [-0.39, 0.29) is 17.4 Å². The maximum Gasteiger partial charge on any atom is 0.253 e. The fraction of sp³-hybridized carbons (Fsp3) is 0.400. The van der Waals surface area contributed by atoms with E-state index >= 15 is 0 Å². The van der Waals surface area contributed by atoms with E-state index in [1.165, 1.54) is 6.20 Å². The van der Waals surface area contributed by atoms with Crippen molar-refractivity contribution in [3.63, 3.8) is 0 Å². The third-order valence-electron chi connectivity index (χ3n) is 4.21. The Labute approximate surface area is 149 Å². The molecule has 1 N–H and O–H groups in total. The van der Waals surface area contributed by atoms with Gasteiger partial charge in [0.2, 0.25) is 5.88 Å². The summed E-state index contributed by atoms with van der Waals surface area (Å²) in [7, 11) is 1.63. The van der Waals surface area contributed by atoms with Gasteiger partial charge in [-0.05, 0) is 24.5 Å². The highest BCUT2D eigenvalue weighted by Gasteiger charge is 2.22. The van der Waals surface area contributed by atoms with Crippen molar-refractivity contribution in [3.05, 3.63) is 53.7 Å². The van der Waals surface area contributed by atoms with Gasteiger partial charge in [0.15, 0.2) is 0 Å². The number of aromatic nitrogens is 1. The topological polar surface area (TPSA) is 60.5 Å². The number of pyridine rings is 1. The Bertz CT molecular complexity index is 706. The highest BCUT2D eigenvalue weighted by atomic mass is 16.5. The fourth-order valence-electron chi connectivity index (χ4n) is 2.07. The minimum absolute atomic E-state index is 0.000873. The first-order chi connectivity index (χ1) is 11.8. The van der Waals surface area contributed by atoms with Crippen LogP contribution >= 0.6 is 0 Å². The largest absolute Gasteiger partial charge is 0.496 e. The second-order valence-electron chi connectivity index (χ2n) is 7.05. The molecule has 0 aliphatic heterocycles. The third kappa shape index (κ3) is 5.21. The molecule has 0 saturated carbocycles. The third-order valence-corrected chi connectivity index (χ3v) is 4.21. The molecular formula is C20H26N2O3. The lowest BCUT2D eigenvalue weighted by molar-refractivity contribution is 0.0909. The fourth-order valence-corrected chi connectivity index (χ4v) is 2.07. The summed E-state index contributed by atoms with van der Waals surface area (Å²) in [5.74, 6) is 1.10. The normalized spacial score (nSPS) is 12.4. The molecule has 0 aliphatic rings. The van der Waals surface area contributed by atoms with Crippen LogP contribution in [0.15, 0.2) is 42.6 Å². The molecule has 1 heterocycles. The molecule has 0 saturated heterocycles. The Morgan fingerprint density at radius 2 is 1.92 bits per heavy atom. The number of carbonyl (C=O) groups is 1. The number of benzene rings is 1. The molecule has 0 radical (unpaired) electrons. The summed E-state index contributed by atoms with van der Waals surface area (Å²) >= 11 is 0. The number of amides is 1. The van der Waals surface area contributed by atoms with Gasteiger partial charge >= 0.3 is 0 Å². The van der Waals surface area contributed by atoms with E-state index in [1.54, 1.807) is 19.2 Å². The molecular weight excluding hydrogens is 316 g/mol. The summed E-state index contributed by atoms with van der Waals surface area (Å²) in [5.41, 5.74) is 1.45. The minimum atomic E-state index is -0.133. The van der Waals surface area contributed by atoms with Gasteiger partial charge in [0, 0.05) is 23.9 Å². The Morgan fingerprint density at radius 1 is 1.20 bits per heavy atom. The monoisotopic (exact) mass is 342 g/mol. The molecule has 5 heteroatoms. The lowest BCUT2D eigenvalue weighted by atomic mass is 9.88. The molecule has 134 valence electrons. The Hall–Kier alpha value is -2.56. The standard InChI is InChI=1S/C20H26N2O3/c1-14(20(2,3)4)22-19(23)15-10-11-18(21-12-15)25-13-16-8-6-7-9-17(16)24-5/h6-12,14H,13H2,1-5H3,(H,22,23). The van der Waals surface area contributed by atoms with E-state index in [0.29, 0.717) is 18.1 Å². The molecule has 0 spiro atoms.